The van der Waals surface area contributed by atoms with Crippen LogP contribution in [0.4, 0.5) is 58.4 Å². The van der Waals surface area contributed by atoms with Crippen molar-refractivity contribution < 1.29 is 192 Å². The van der Waals surface area contributed by atoms with Gasteiger partial charge in [-0.05, 0) is 83.9 Å². The molecule has 0 aliphatic rings. The van der Waals surface area contributed by atoms with Gasteiger partial charge in [-0.3, -0.25) is 5.04 Å². The molecule has 6 rings (SSSR count). The molecule has 0 fully saturated rings. The molecule has 2 heterocycles. The van der Waals surface area contributed by atoms with Gasteiger partial charge in [-0.15, -0.1) is 0 Å². The second kappa shape index (κ2) is 32.5. The molecule has 8 N–H and O–H groups in total. The summed E-state index contributed by atoms with van der Waals surface area (Å²) in [5.41, 5.74) is 0.998. The van der Waals surface area contributed by atoms with Gasteiger partial charge in [0.2, 0.25) is 35.7 Å². The summed E-state index contributed by atoms with van der Waals surface area (Å²) in [4.78, 5) is 27.4. The van der Waals surface area contributed by atoms with Crippen molar-refractivity contribution in [3.05, 3.63) is 96.1 Å². The number of nitrogens with zero attached hydrogens (tertiary/aromatic N) is 8. The van der Waals surface area contributed by atoms with Crippen LogP contribution in [0.1, 0.15) is 11.1 Å². The number of aliphatic hydroxyl groups excluding tert-OH is 4. The molecule has 0 saturated carbocycles. The Labute approximate surface area is 528 Å². The SMILES string of the molecule is O=S(=O)([O-])c1ccc(Nc2nc(Nc3ccc(C=Cc4ccc(Nc5nc(Nc6ccc(S(=O)(=O)[O-])cc6)nc(N(CCO)CCO)n5)cc4S(=O)(=O)[O-])c(SOO[O-])c3)nc(N(CCO)CCO)n2)cc1.[Na+].[Na+].[Na+].[Na+]. The average molecular weight is 1170 g/mol. The van der Waals surface area contributed by atoms with Crippen LogP contribution in [-0.2, 0) is 39.7 Å². The summed E-state index contributed by atoms with van der Waals surface area (Å²) in [6.45, 7) is -1.50. The summed E-state index contributed by atoms with van der Waals surface area (Å²) in [7, 11) is -14.7. The zero-order chi connectivity index (χ0) is 52.1. The van der Waals surface area contributed by atoms with Gasteiger partial charge in [-0.25, -0.2) is 25.3 Å². The number of aliphatic hydroxyl groups is 4. The number of nitrogens with one attached hydrogen (secondary N) is 4. The molecule has 28 nitrogen and oxygen atoms in total. The van der Waals surface area contributed by atoms with Crippen LogP contribution in [0.2, 0.25) is 0 Å². The second-order valence-corrected chi connectivity index (χ2v) is 19.3. The van der Waals surface area contributed by atoms with Crippen LogP contribution in [-0.4, -0.2) is 142 Å². The minimum Gasteiger partial charge on any atom is -0.744 e. The van der Waals surface area contributed by atoms with E-state index >= 15 is 0 Å². The number of rotatable bonds is 26. The number of hydrogen-bond donors (Lipinski definition) is 8. The minimum absolute atomic E-state index is 0. The third-order valence-corrected chi connectivity index (χ3v) is 12.7. The maximum atomic E-state index is 12.7. The topological polar surface area (TPSA) is 426 Å². The molecule has 0 spiro atoms. The first-order valence-electron chi connectivity index (χ1n) is 20.5. The van der Waals surface area contributed by atoms with Gasteiger partial charge in [0.05, 0.1) is 53.2 Å². The van der Waals surface area contributed by atoms with E-state index in [0.717, 1.165) is 30.3 Å². The summed E-state index contributed by atoms with van der Waals surface area (Å²) >= 11 is 0.459. The molecule has 0 unspecified atom stereocenters. The summed E-state index contributed by atoms with van der Waals surface area (Å²) in [5.74, 6) is -0.627. The second-order valence-electron chi connectivity index (χ2n) is 14.4. The number of benzene rings is 4. The van der Waals surface area contributed by atoms with E-state index < -0.39 is 45.0 Å². The Balaban J connectivity index is 0.00000494. The average Bonchev–Trinajstić information content (AvgIpc) is 3.32. The van der Waals surface area contributed by atoms with Crippen LogP contribution >= 0.6 is 12.0 Å². The van der Waals surface area contributed by atoms with Crippen molar-refractivity contribution in [1.29, 1.82) is 0 Å². The molecule has 0 bridgehead atoms. The van der Waals surface area contributed by atoms with Crippen molar-refractivity contribution in [2.45, 2.75) is 19.6 Å². The number of aromatic nitrogens is 6. The maximum Gasteiger partial charge on any atom is 1.00 e. The van der Waals surface area contributed by atoms with Crippen LogP contribution in [0.3, 0.4) is 0 Å². The summed E-state index contributed by atoms with van der Waals surface area (Å²) in [6, 6.07) is 17.6. The molecule has 0 atom stereocenters. The standard InChI is InChI=1S/C40H44N12O16S4.4Na/c53-19-15-51(16-20-54)39-47-35(41-27-7-11-31(12-8-27)70(58,59)60)45-37(49-39)43-29-5-3-25(33(23-29)69-68-67-57)1-2-26-4-6-30(24-34(26)72(64,65)66)44-38-46-36(48-40(50-38)52(17-21-55)18-22-56)42-28-9-13-32(14-10-28)71(61,62)63;;;;/h1-14,23-24,53-57H,15-22H2,(H,58,59,60)(H,61,62,63)(H,64,65,66)(H2,41,43,45,47,49)(H2,42,44,46,48,50);;;;/q;4*+1/p-4. The van der Waals surface area contributed by atoms with Crippen LogP contribution in [0, 0.1) is 0 Å². The van der Waals surface area contributed by atoms with Crippen molar-refractivity contribution in [2.75, 3.05) is 83.7 Å². The quantitative estimate of drug-likeness (QED) is 0.00624. The van der Waals surface area contributed by atoms with Gasteiger partial charge in [-0.1, -0.05) is 24.3 Å². The molecule has 4 aromatic carbocycles. The van der Waals surface area contributed by atoms with Crippen molar-refractivity contribution in [1.82, 2.24) is 29.9 Å². The molecule has 6 aromatic rings. The third-order valence-electron chi connectivity index (χ3n) is 9.49. The monoisotopic (exact) mass is 1160 g/mol. The third kappa shape index (κ3) is 20.7. The van der Waals surface area contributed by atoms with Crippen LogP contribution in [0.25, 0.3) is 12.2 Å². The smallest absolute Gasteiger partial charge is 0.744 e. The van der Waals surface area contributed by atoms with Crippen molar-refractivity contribution in [2.24, 2.45) is 0 Å². The van der Waals surface area contributed by atoms with Crippen LogP contribution < -0.4 is 155 Å². The normalized spacial score (nSPS) is 11.3. The molecule has 36 heteroatoms. The van der Waals surface area contributed by atoms with Gasteiger partial charge < -0.3 is 70.4 Å². The molecule has 0 aliphatic heterocycles. The van der Waals surface area contributed by atoms with E-state index in [0.29, 0.717) is 17.6 Å². The minimum atomic E-state index is -5.20. The summed E-state index contributed by atoms with van der Waals surface area (Å²) < 4.78 is 111. The Morgan fingerprint density at radius 2 is 0.829 bits per heavy atom. The fraction of sp³-hybridized carbons (Fsp3) is 0.200. The fourth-order valence-corrected chi connectivity index (χ4v) is 8.43. The number of hydrogen-bond acceptors (Lipinski definition) is 29. The predicted molar refractivity (Wildman–Crippen MR) is 252 cm³/mol. The first-order chi connectivity index (χ1) is 34.3. The molecule has 2 aromatic heterocycles. The Kier molecular flexibility index (Phi) is 29.6. The molecule has 0 aliphatic carbocycles. The Hall–Kier alpha value is -2.76. The Bertz CT molecular complexity index is 3210. The van der Waals surface area contributed by atoms with Crippen molar-refractivity contribution >= 4 is 113 Å². The molecule has 0 radical (unpaired) electrons. The molecule has 0 saturated heterocycles. The first kappa shape index (κ1) is 69.3. The van der Waals surface area contributed by atoms with Gasteiger partial charge in [0.1, 0.15) is 30.4 Å². The molecule has 0 amide bonds. The van der Waals surface area contributed by atoms with Crippen LogP contribution in [0.5, 0.6) is 0 Å². The van der Waals surface area contributed by atoms with Crippen molar-refractivity contribution in [3.63, 3.8) is 0 Å². The summed E-state index contributed by atoms with van der Waals surface area (Å²) in [6.07, 6.45) is 2.69. The predicted octanol–water partition coefficient (Wildman–Crippen LogP) is -11.3. The van der Waals surface area contributed by atoms with E-state index in [1.807, 2.05) is 0 Å². The Morgan fingerprint density at radius 3 is 1.18 bits per heavy atom. The number of anilines is 10. The first-order valence-corrected chi connectivity index (χ1v) is 25.5. The summed E-state index contributed by atoms with van der Waals surface area (Å²) in [5, 5.41) is 64.6. The van der Waals surface area contributed by atoms with Gasteiger partial charge in [-0.2, -0.15) is 34.2 Å². The van der Waals surface area contributed by atoms with Crippen molar-refractivity contribution in [3.8, 4) is 0 Å². The van der Waals surface area contributed by atoms with E-state index in [9.17, 15) is 64.6 Å². The van der Waals surface area contributed by atoms with E-state index in [2.05, 4.69) is 60.5 Å². The Morgan fingerprint density at radius 1 is 0.487 bits per heavy atom. The molecular weight excluding hydrogens is 1120 g/mol. The van der Waals surface area contributed by atoms with Gasteiger partial charge >= 0.3 is 118 Å². The zero-order valence-electron chi connectivity index (χ0n) is 40.8. The van der Waals surface area contributed by atoms with Gasteiger partial charge in [0, 0.05) is 53.8 Å². The molecule has 384 valence electrons. The van der Waals surface area contributed by atoms with E-state index in [4.69, 9.17) is 0 Å². The molecule has 76 heavy (non-hydrogen) atoms. The zero-order valence-corrected chi connectivity index (χ0v) is 52.1. The van der Waals surface area contributed by atoms with Gasteiger partial charge in [0.25, 0.3) is 0 Å². The molecular formula is C40H40N12Na4O16S4. The van der Waals surface area contributed by atoms with E-state index in [-0.39, 0.29) is 240 Å². The van der Waals surface area contributed by atoms with Crippen LogP contribution in [0.15, 0.2) is 105 Å². The largest absolute Gasteiger partial charge is 1.00 e. The van der Waals surface area contributed by atoms with Gasteiger partial charge in [0.15, 0.2) is 0 Å². The fourth-order valence-electron chi connectivity index (χ4n) is 6.29. The van der Waals surface area contributed by atoms with E-state index in [1.54, 1.807) is 0 Å². The maximum absolute atomic E-state index is 12.7. The van der Waals surface area contributed by atoms with E-state index in [1.165, 1.54) is 76.5 Å².